The number of hydrogen-bond acceptors (Lipinski definition) is 5. The number of aromatic amines is 1. The van der Waals surface area contributed by atoms with Crippen molar-refractivity contribution in [2.75, 3.05) is 19.1 Å². The number of aryl methyl sites for hydroxylation is 2. The Morgan fingerprint density at radius 1 is 1.03 bits per heavy atom. The molecule has 6 heteroatoms. The second-order valence-electron chi connectivity index (χ2n) is 8.47. The maximum absolute atomic E-state index is 11.2. The molecule has 0 radical (unpaired) electrons. The molecule has 6 nitrogen and oxygen atoms in total. The molecule has 1 N–H and O–H groups in total. The zero-order valence-corrected chi connectivity index (χ0v) is 19.5. The summed E-state index contributed by atoms with van der Waals surface area (Å²) in [6.07, 6.45) is 4.85. The molecule has 0 spiro atoms. The quantitative estimate of drug-likeness (QED) is 0.275. The van der Waals surface area contributed by atoms with Gasteiger partial charge in [-0.15, -0.1) is 0 Å². The number of rotatable bonds is 9. The molecule has 170 valence electrons. The van der Waals surface area contributed by atoms with Crippen LogP contribution >= 0.6 is 0 Å². The molecule has 4 aromatic rings. The van der Waals surface area contributed by atoms with E-state index in [9.17, 15) is 4.79 Å². The first-order valence-corrected chi connectivity index (χ1v) is 11.3. The summed E-state index contributed by atoms with van der Waals surface area (Å²) in [5, 5.41) is 1.01. The molecule has 0 amide bonds. The van der Waals surface area contributed by atoms with Gasteiger partial charge in [-0.25, -0.2) is 9.97 Å². The van der Waals surface area contributed by atoms with E-state index in [1.165, 1.54) is 23.8 Å². The van der Waals surface area contributed by atoms with E-state index in [2.05, 4.69) is 88.4 Å². The zero-order valence-electron chi connectivity index (χ0n) is 19.5. The van der Waals surface area contributed by atoms with E-state index in [1.807, 2.05) is 0 Å². The van der Waals surface area contributed by atoms with Gasteiger partial charge in [0.1, 0.15) is 17.8 Å². The first kappa shape index (κ1) is 22.5. The fourth-order valence-corrected chi connectivity index (χ4v) is 4.10. The number of hydrogen-bond donors (Lipinski definition) is 1. The molecule has 2 aromatic heterocycles. The Morgan fingerprint density at radius 3 is 2.61 bits per heavy atom. The zero-order chi connectivity index (χ0) is 23.2. The Balaban J connectivity index is 1.47. The predicted molar refractivity (Wildman–Crippen MR) is 132 cm³/mol. The lowest BCUT2D eigenvalue weighted by Crippen LogP contribution is -2.18. The van der Waals surface area contributed by atoms with Crippen molar-refractivity contribution in [1.82, 2.24) is 15.0 Å². The summed E-state index contributed by atoms with van der Waals surface area (Å²) < 4.78 is 4.69. The van der Waals surface area contributed by atoms with E-state index in [4.69, 9.17) is 4.74 Å². The van der Waals surface area contributed by atoms with Crippen molar-refractivity contribution in [1.29, 1.82) is 0 Å². The Hall–Kier alpha value is -3.67. The summed E-state index contributed by atoms with van der Waals surface area (Å²) in [5.74, 6) is 0.766. The minimum atomic E-state index is -0.142. The van der Waals surface area contributed by atoms with Crippen LogP contribution in [0.5, 0.6) is 0 Å². The van der Waals surface area contributed by atoms with Gasteiger partial charge in [0.2, 0.25) is 0 Å². The normalized spacial score (nSPS) is 11.0. The van der Waals surface area contributed by atoms with Crippen LogP contribution < -0.4 is 4.90 Å². The van der Waals surface area contributed by atoms with Gasteiger partial charge < -0.3 is 14.6 Å². The summed E-state index contributed by atoms with van der Waals surface area (Å²) in [7, 11) is 3.49. The fourth-order valence-electron chi connectivity index (χ4n) is 4.10. The van der Waals surface area contributed by atoms with Crippen molar-refractivity contribution in [2.24, 2.45) is 0 Å². The van der Waals surface area contributed by atoms with Gasteiger partial charge in [0, 0.05) is 25.7 Å². The fraction of sp³-hybridized carbons (Fsp3) is 0.296. The summed E-state index contributed by atoms with van der Waals surface area (Å²) in [6, 6.07) is 19.2. The van der Waals surface area contributed by atoms with Gasteiger partial charge in [-0.2, -0.15) is 0 Å². The number of H-pyrrole nitrogens is 1. The average molecular weight is 443 g/mol. The van der Waals surface area contributed by atoms with Crippen molar-refractivity contribution in [3.05, 3.63) is 77.6 Å². The van der Waals surface area contributed by atoms with Crippen molar-refractivity contribution in [3.8, 4) is 11.3 Å². The van der Waals surface area contributed by atoms with E-state index in [0.29, 0.717) is 6.42 Å². The summed E-state index contributed by atoms with van der Waals surface area (Å²) in [4.78, 5) is 25.9. The lowest BCUT2D eigenvalue weighted by atomic mass is 10.0. The van der Waals surface area contributed by atoms with Gasteiger partial charge >= 0.3 is 5.97 Å². The predicted octanol–water partition coefficient (Wildman–Crippen LogP) is 5.46. The lowest BCUT2D eigenvalue weighted by molar-refractivity contribution is -0.140. The molecule has 0 aliphatic heterocycles. The van der Waals surface area contributed by atoms with E-state index in [-0.39, 0.29) is 5.97 Å². The number of methoxy groups -OCH3 is 1. The van der Waals surface area contributed by atoms with Crippen molar-refractivity contribution < 1.29 is 9.53 Å². The van der Waals surface area contributed by atoms with Gasteiger partial charge in [0.05, 0.1) is 12.5 Å². The van der Waals surface area contributed by atoms with Gasteiger partial charge in [0.25, 0.3) is 0 Å². The lowest BCUT2D eigenvalue weighted by Gasteiger charge is -2.19. The van der Waals surface area contributed by atoms with Crippen LogP contribution in [-0.2, 0) is 22.5 Å². The number of anilines is 1. The maximum Gasteiger partial charge on any atom is 0.305 e. The van der Waals surface area contributed by atoms with Crippen LogP contribution in [0.1, 0.15) is 36.0 Å². The Labute approximate surface area is 194 Å². The first-order valence-electron chi connectivity index (χ1n) is 11.3. The Morgan fingerprint density at radius 2 is 1.85 bits per heavy atom. The minimum Gasteiger partial charge on any atom is -0.469 e. The van der Waals surface area contributed by atoms with Crippen LogP contribution in [0.3, 0.4) is 0 Å². The van der Waals surface area contributed by atoms with Crippen molar-refractivity contribution >= 4 is 22.8 Å². The molecule has 4 rings (SSSR count). The van der Waals surface area contributed by atoms with E-state index >= 15 is 0 Å². The van der Waals surface area contributed by atoms with Crippen LogP contribution in [0.15, 0.2) is 60.9 Å². The smallest absolute Gasteiger partial charge is 0.305 e. The Bertz CT molecular complexity index is 1230. The number of ether oxygens (including phenoxy) is 1. The van der Waals surface area contributed by atoms with E-state index in [0.717, 1.165) is 53.9 Å². The Kier molecular flexibility index (Phi) is 7.03. The van der Waals surface area contributed by atoms with E-state index in [1.54, 1.807) is 6.33 Å². The summed E-state index contributed by atoms with van der Waals surface area (Å²) >= 11 is 0. The molecule has 33 heavy (non-hydrogen) atoms. The number of unbranched alkanes of at least 4 members (excludes halogenated alkanes) is 1. The second kappa shape index (κ2) is 10.3. The molecule has 0 aliphatic rings. The number of fused-ring (bicyclic) bond motifs is 1. The highest BCUT2D eigenvalue weighted by molar-refractivity contribution is 5.91. The third-order valence-corrected chi connectivity index (χ3v) is 5.86. The standard InChI is InChI=1S/C27H30N4O2/c1-19-7-6-9-21(15-19)17-31(2)27-23-16-24(30-26(23)28-18-29-27)22-13-11-20(12-14-22)8-4-5-10-25(32)33-3/h6-7,9,11-16,18H,4-5,8,10,17H2,1-3H3,(H,28,29,30). The molecule has 2 heterocycles. The molecule has 0 saturated heterocycles. The molecular formula is C27H30N4O2. The third-order valence-electron chi connectivity index (χ3n) is 5.86. The number of benzene rings is 2. The van der Waals surface area contributed by atoms with Crippen LogP contribution in [0.2, 0.25) is 0 Å². The molecular weight excluding hydrogens is 412 g/mol. The number of nitrogens with zero attached hydrogens (tertiary/aromatic N) is 3. The molecule has 0 bridgehead atoms. The molecule has 0 unspecified atom stereocenters. The highest BCUT2D eigenvalue weighted by Crippen LogP contribution is 2.29. The van der Waals surface area contributed by atoms with Crippen LogP contribution in [0, 0.1) is 6.92 Å². The minimum absolute atomic E-state index is 0.142. The monoisotopic (exact) mass is 442 g/mol. The SMILES string of the molecule is COC(=O)CCCCc1ccc(-c2cc3c(N(C)Cc4cccc(C)c4)ncnc3[nH]2)cc1. The van der Waals surface area contributed by atoms with Crippen molar-refractivity contribution in [3.63, 3.8) is 0 Å². The molecule has 0 aliphatic carbocycles. The number of carbonyl (C=O) groups is 1. The van der Waals surface area contributed by atoms with Gasteiger partial charge in [-0.05, 0) is 48.9 Å². The van der Waals surface area contributed by atoms with Crippen LogP contribution in [0.25, 0.3) is 22.3 Å². The molecule has 0 saturated carbocycles. The van der Waals surface area contributed by atoms with Gasteiger partial charge in [0.15, 0.2) is 0 Å². The number of aromatic nitrogens is 3. The average Bonchev–Trinajstić information content (AvgIpc) is 3.26. The highest BCUT2D eigenvalue weighted by atomic mass is 16.5. The molecule has 2 aromatic carbocycles. The maximum atomic E-state index is 11.2. The second-order valence-corrected chi connectivity index (χ2v) is 8.47. The summed E-state index contributed by atoms with van der Waals surface area (Å²) in [5.41, 5.74) is 6.73. The number of nitrogens with one attached hydrogen (secondary N) is 1. The highest BCUT2D eigenvalue weighted by Gasteiger charge is 2.13. The topological polar surface area (TPSA) is 71.1 Å². The molecule has 0 fully saturated rings. The van der Waals surface area contributed by atoms with Gasteiger partial charge in [-0.1, -0.05) is 54.1 Å². The van der Waals surface area contributed by atoms with E-state index < -0.39 is 0 Å². The number of carbonyl (C=O) groups excluding carboxylic acids is 1. The van der Waals surface area contributed by atoms with Crippen LogP contribution in [-0.4, -0.2) is 35.1 Å². The first-order chi connectivity index (χ1) is 16.0. The van der Waals surface area contributed by atoms with Gasteiger partial charge in [-0.3, -0.25) is 4.79 Å². The summed E-state index contributed by atoms with van der Waals surface area (Å²) in [6.45, 7) is 2.89. The molecule has 0 atom stereocenters. The largest absolute Gasteiger partial charge is 0.469 e. The number of esters is 1. The van der Waals surface area contributed by atoms with Crippen LogP contribution in [0.4, 0.5) is 5.82 Å². The third kappa shape index (κ3) is 5.58. The van der Waals surface area contributed by atoms with Crippen molar-refractivity contribution in [2.45, 2.75) is 39.2 Å².